The van der Waals surface area contributed by atoms with Crippen LogP contribution in [-0.4, -0.2) is 45.4 Å². The minimum absolute atomic E-state index is 0.0827. The van der Waals surface area contributed by atoms with Crippen LogP contribution in [0, 0.1) is 0 Å². The summed E-state index contributed by atoms with van der Waals surface area (Å²) in [6, 6.07) is 8.66. The highest BCUT2D eigenvalue weighted by Gasteiger charge is 2.17. The average molecular weight is 549 g/mol. The van der Waals surface area contributed by atoms with Crippen LogP contribution in [0.25, 0.3) is 10.8 Å². The van der Waals surface area contributed by atoms with Crippen molar-refractivity contribution in [2.45, 2.75) is 96.8 Å². The predicted molar refractivity (Wildman–Crippen MR) is 157 cm³/mol. The van der Waals surface area contributed by atoms with Crippen LogP contribution in [0.5, 0.6) is 11.5 Å². The maximum atomic E-state index is 12.8. The second kappa shape index (κ2) is 18.1. The maximum absolute atomic E-state index is 12.8. The fourth-order valence-electron chi connectivity index (χ4n) is 4.62. The molecule has 0 fully saturated rings. The van der Waals surface area contributed by atoms with Gasteiger partial charge in [-0.05, 0) is 12.5 Å². The van der Waals surface area contributed by atoms with Gasteiger partial charge < -0.3 is 15.2 Å². The van der Waals surface area contributed by atoms with Gasteiger partial charge in [-0.25, -0.2) is 13.1 Å². The summed E-state index contributed by atoms with van der Waals surface area (Å²) in [4.78, 5) is 12.8. The number of ether oxygens (including phenoxy) is 1. The average Bonchev–Trinajstić information content (AvgIpc) is 2.89. The van der Waals surface area contributed by atoms with E-state index in [2.05, 4.69) is 17.0 Å². The molecule has 0 aromatic heterocycles. The number of phenolic OH excluding ortho intramolecular Hbond substituents is 1. The molecule has 8 heteroatoms. The van der Waals surface area contributed by atoms with Gasteiger partial charge in [-0.15, -0.1) is 0 Å². The molecular weight excluding hydrogens is 500 g/mol. The van der Waals surface area contributed by atoms with Gasteiger partial charge in [0.25, 0.3) is 5.91 Å². The van der Waals surface area contributed by atoms with E-state index in [9.17, 15) is 18.3 Å². The SMILES string of the molecule is CCCCCCCCCCCCCCCCNC(=O)c1cc(OCCNS(C)(=O)=O)c2ccccc2c1O. The van der Waals surface area contributed by atoms with Gasteiger partial charge in [0.2, 0.25) is 10.0 Å². The van der Waals surface area contributed by atoms with E-state index in [4.69, 9.17) is 4.74 Å². The summed E-state index contributed by atoms with van der Waals surface area (Å²) in [5.41, 5.74) is 0.153. The third-order valence-electron chi connectivity index (χ3n) is 6.76. The quantitative estimate of drug-likeness (QED) is 0.151. The number of phenols is 1. The Bertz CT molecular complexity index is 1070. The van der Waals surface area contributed by atoms with Gasteiger partial charge >= 0.3 is 0 Å². The summed E-state index contributed by atoms with van der Waals surface area (Å²) in [7, 11) is -3.31. The van der Waals surface area contributed by atoms with Crippen molar-refractivity contribution in [1.29, 1.82) is 0 Å². The molecule has 0 aliphatic heterocycles. The van der Waals surface area contributed by atoms with Gasteiger partial charge in [-0.3, -0.25) is 4.79 Å². The maximum Gasteiger partial charge on any atom is 0.255 e. The van der Waals surface area contributed by atoms with E-state index in [0.717, 1.165) is 19.1 Å². The first-order valence-electron chi connectivity index (χ1n) is 14.4. The van der Waals surface area contributed by atoms with Crippen LogP contribution in [0.15, 0.2) is 30.3 Å². The Hall–Kier alpha value is -2.32. The largest absolute Gasteiger partial charge is 0.506 e. The third-order valence-corrected chi connectivity index (χ3v) is 7.49. The Kier molecular flexibility index (Phi) is 15.2. The summed E-state index contributed by atoms with van der Waals surface area (Å²) in [6.45, 7) is 3.02. The molecule has 0 spiro atoms. The fourth-order valence-corrected chi connectivity index (χ4v) is 5.08. The summed E-state index contributed by atoms with van der Waals surface area (Å²) < 4.78 is 30.7. The lowest BCUT2D eigenvalue weighted by atomic mass is 10.0. The number of hydrogen-bond donors (Lipinski definition) is 3. The highest BCUT2D eigenvalue weighted by Crippen LogP contribution is 2.36. The zero-order chi connectivity index (χ0) is 27.6. The summed E-state index contributed by atoms with van der Waals surface area (Å²) in [5.74, 6) is -0.00178. The molecule has 0 aliphatic carbocycles. The molecule has 0 radical (unpaired) electrons. The molecule has 0 saturated carbocycles. The van der Waals surface area contributed by atoms with E-state index in [1.54, 1.807) is 18.2 Å². The molecule has 0 aliphatic rings. The van der Waals surface area contributed by atoms with Crippen molar-refractivity contribution in [2.75, 3.05) is 26.0 Å². The van der Waals surface area contributed by atoms with E-state index in [1.165, 1.54) is 83.1 Å². The number of nitrogens with one attached hydrogen (secondary N) is 2. The van der Waals surface area contributed by atoms with Crippen LogP contribution in [0.2, 0.25) is 0 Å². The third kappa shape index (κ3) is 12.5. The van der Waals surface area contributed by atoms with Crippen molar-refractivity contribution in [2.24, 2.45) is 0 Å². The Morgan fingerprint density at radius 3 is 1.89 bits per heavy atom. The Balaban J connectivity index is 1.69. The molecule has 0 saturated heterocycles. The molecule has 38 heavy (non-hydrogen) atoms. The molecule has 2 aromatic carbocycles. The zero-order valence-electron chi connectivity index (χ0n) is 23.4. The van der Waals surface area contributed by atoms with Gasteiger partial charge in [0.1, 0.15) is 18.1 Å². The number of amides is 1. The normalized spacial score (nSPS) is 11.6. The van der Waals surface area contributed by atoms with Crippen LogP contribution in [0.1, 0.15) is 107 Å². The summed E-state index contributed by atoms with van der Waals surface area (Å²) in [5, 5.41) is 14.8. The van der Waals surface area contributed by atoms with Gasteiger partial charge in [0, 0.05) is 23.9 Å². The van der Waals surface area contributed by atoms with Crippen LogP contribution in [-0.2, 0) is 10.0 Å². The lowest BCUT2D eigenvalue weighted by Crippen LogP contribution is -2.27. The number of carbonyl (C=O) groups excluding carboxylic acids is 1. The van der Waals surface area contributed by atoms with Gasteiger partial charge in [-0.2, -0.15) is 0 Å². The molecular formula is C30H48N2O5S. The Morgan fingerprint density at radius 1 is 0.816 bits per heavy atom. The molecule has 0 bridgehead atoms. The minimum Gasteiger partial charge on any atom is -0.506 e. The van der Waals surface area contributed by atoms with Crippen LogP contribution in [0.4, 0.5) is 0 Å². The van der Waals surface area contributed by atoms with Crippen molar-refractivity contribution in [3.8, 4) is 11.5 Å². The lowest BCUT2D eigenvalue weighted by molar-refractivity contribution is 0.0950. The first-order chi connectivity index (χ1) is 18.3. The number of carbonyl (C=O) groups is 1. The summed E-state index contributed by atoms with van der Waals surface area (Å²) >= 11 is 0. The number of unbranched alkanes of at least 4 members (excludes halogenated alkanes) is 13. The standard InChI is InChI=1S/C30H48N2O5S/c1-3-4-5-6-7-8-9-10-11-12-13-14-15-18-21-31-30(34)27-24-28(37-23-22-32-38(2,35)36)25-19-16-17-20-26(25)29(27)33/h16-17,19-20,24,32-33H,3-15,18,21-23H2,1-2H3,(H,31,34). The number of sulfonamides is 1. The van der Waals surface area contributed by atoms with Crippen LogP contribution >= 0.6 is 0 Å². The monoisotopic (exact) mass is 548 g/mol. The summed E-state index contributed by atoms with van der Waals surface area (Å²) in [6.07, 6.45) is 19.0. The van der Waals surface area contributed by atoms with E-state index in [-0.39, 0.29) is 30.4 Å². The number of benzene rings is 2. The number of fused-ring (bicyclic) bond motifs is 1. The van der Waals surface area contributed by atoms with Gasteiger partial charge in [0.05, 0.1) is 11.8 Å². The van der Waals surface area contributed by atoms with E-state index in [0.29, 0.717) is 23.1 Å². The number of aromatic hydroxyl groups is 1. The number of hydrogen-bond acceptors (Lipinski definition) is 5. The molecule has 2 aromatic rings. The Labute approximate surface area is 229 Å². The smallest absolute Gasteiger partial charge is 0.255 e. The fraction of sp³-hybridized carbons (Fsp3) is 0.633. The molecule has 7 nitrogen and oxygen atoms in total. The van der Waals surface area contributed by atoms with E-state index >= 15 is 0 Å². The molecule has 1 amide bonds. The van der Waals surface area contributed by atoms with Crippen molar-refractivity contribution in [3.63, 3.8) is 0 Å². The topological polar surface area (TPSA) is 105 Å². The van der Waals surface area contributed by atoms with Crippen LogP contribution in [0.3, 0.4) is 0 Å². The van der Waals surface area contributed by atoms with Crippen molar-refractivity contribution in [3.05, 3.63) is 35.9 Å². The first kappa shape index (κ1) is 31.9. The van der Waals surface area contributed by atoms with Crippen molar-refractivity contribution in [1.82, 2.24) is 10.0 Å². The molecule has 0 atom stereocenters. The van der Waals surface area contributed by atoms with Crippen LogP contribution < -0.4 is 14.8 Å². The zero-order valence-corrected chi connectivity index (χ0v) is 24.2. The molecule has 214 valence electrons. The molecule has 2 rings (SSSR count). The van der Waals surface area contributed by atoms with Crippen molar-refractivity contribution >= 4 is 26.7 Å². The minimum atomic E-state index is -3.31. The second-order valence-electron chi connectivity index (χ2n) is 10.2. The number of rotatable bonds is 21. The second-order valence-corrected chi connectivity index (χ2v) is 12.0. The predicted octanol–water partition coefficient (Wildman–Crippen LogP) is 6.68. The van der Waals surface area contributed by atoms with E-state index in [1.807, 2.05) is 6.07 Å². The van der Waals surface area contributed by atoms with Gasteiger partial charge in [0.15, 0.2) is 0 Å². The highest BCUT2D eigenvalue weighted by molar-refractivity contribution is 7.88. The Morgan fingerprint density at radius 2 is 1.34 bits per heavy atom. The highest BCUT2D eigenvalue weighted by atomic mass is 32.2. The van der Waals surface area contributed by atoms with Crippen molar-refractivity contribution < 1.29 is 23.1 Å². The van der Waals surface area contributed by atoms with E-state index < -0.39 is 10.0 Å². The van der Waals surface area contributed by atoms with Gasteiger partial charge in [-0.1, -0.05) is 115 Å². The molecule has 3 N–H and O–H groups in total. The molecule has 0 unspecified atom stereocenters. The first-order valence-corrected chi connectivity index (χ1v) is 16.3. The molecule has 0 heterocycles. The lowest BCUT2D eigenvalue weighted by Gasteiger charge is -2.14.